The van der Waals surface area contributed by atoms with E-state index in [1.54, 1.807) is 20.8 Å². The van der Waals surface area contributed by atoms with E-state index in [1.165, 1.54) is 48.4 Å². The van der Waals surface area contributed by atoms with Gasteiger partial charge in [0.05, 0.1) is 33.3 Å². The number of aliphatic hydroxyl groups is 2. The first-order chi connectivity index (χ1) is 22.4. The first kappa shape index (κ1) is 39.7. The number of nitrogens with zero attached hydrogens (tertiary/aromatic N) is 6. The third kappa shape index (κ3) is 8.35. The molecule has 0 aliphatic carbocycles. The van der Waals surface area contributed by atoms with Crippen molar-refractivity contribution >= 4 is 30.8 Å². The largest absolute Gasteiger partial charge is 0.479 e. The summed E-state index contributed by atoms with van der Waals surface area (Å²) >= 11 is 0. The molecule has 6 atom stereocenters. The fourth-order valence-electron chi connectivity index (χ4n) is 5.79. The van der Waals surface area contributed by atoms with Gasteiger partial charge in [0.25, 0.3) is 0 Å². The third-order valence-corrected chi connectivity index (χ3v) is 11.0. The molecule has 0 amide bonds. The van der Waals surface area contributed by atoms with E-state index in [9.17, 15) is 19.8 Å². The summed E-state index contributed by atoms with van der Waals surface area (Å²) in [6.45, 7) is 13.8. The van der Waals surface area contributed by atoms with Gasteiger partial charge in [0, 0.05) is 0 Å². The van der Waals surface area contributed by atoms with Crippen molar-refractivity contribution in [3.8, 4) is 5.88 Å². The first-order valence-corrected chi connectivity index (χ1v) is 17.8. The Morgan fingerprint density at radius 2 is 1.56 bits per heavy atom. The van der Waals surface area contributed by atoms with E-state index in [2.05, 4.69) is 15.0 Å². The Labute approximate surface area is 282 Å². The van der Waals surface area contributed by atoms with Gasteiger partial charge in [0.15, 0.2) is 17.4 Å². The number of likely N-dealkylation sites (N-methyl/N-ethyl adjacent to an activating group) is 2. The zero-order chi connectivity index (χ0) is 36.1. The Kier molecular flexibility index (Phi) is 13.5. The molecule has 1 aliphatic rings. The van der Waals surface area contributed by atoms with Crippen molar-refractivity contribution in [2.75, 3.05) is 41.0 Å². The lowest BCUT2D eigenvalue weighted by Crippen LogP contribution is -2.48. The Morgan fingerprint density at radius 3 is 2.02 bits per heavy atom. The van der Waals surface area contributed by atoms with Crippen LogP contribution in [-0.4, -0.2) is 122 Å². The summed E-state index contributed by atoms with van der Waals surface area (Å²) in [5, 5.41) is 22.9. The van der Waals surface area contributed by atoms with Gasteiger partial charge < -0.3 is 33.7 Å². The molecule has 0 radical (unpaired) electrons. The lowest BCUT2D eigenvalue weighted by Gasteiger charge is -2.41. The third-order valence-electron chi connectivity index (χ3n) is 8.31. The molecule has 0 bridgehead atoms. The SMILES string of the molecule is CCOC(=O)[C@H](CC(C)C)N(C)P(=O)(OC[C@H]1O[C@@H](n2cnc3c(OC)nc(C)nc32)[C@@](C)(O)C1O)N(C)[C@@H](CC(C)C)C(=O)OCC. The van der Waals surface area contributed by atoms with Crippen molar-refractivity contribution < 1.29 is 47.8 Å². The molecule has 2 aromatic heterocycles. The van der Waals surface area contributed by atoms with Gasteiger partial charge in [-0.2, -0.15) is 4.98 Å². The molecule has 48 heavy (non-hydrogen) atoms. The molecule has 17 heteroatoms. The number of hydrogen-bond donors (Lipinski definition) is 2. The van der Waals surface area contributed by atoms with Gasteiger partial charge in [-0.1, -0.05) is 27.7 Å². The van der Waals surface area contributed by atoms with Crippen molar-refractivity contribution in [3.63, 3.8) is 0 Å². The van der Waals surface area contributed by atoms with Crippen LogP contribution in [0.3, 0.4) is 0 Å². The van der Waals surface area contributed by atoms with Crippen LogP contribution in [0.5, 0.6) is 5.88 Å². The second kappa shape index (κ2) is 16.3. The minimum Gasteiger partial charge on any atom is -0.479 e. The van der Waals surface area contributed by atoms with Crippen LogP contribution in [0.2, 0.25) is 0 Å². The van der Waals surface area contributed by atoms with E-state index >= 15 is 4.57 Å². The molecule has 1 saturated heterocycles. The molecule has 0 spiro atoms. The summed E-state index contributed by atoms with van der Waals surface area (Å²) in [7, 11) is 0.115. The number of carbonyl (C=O) groups is 2. The lowest BCUT2D eigenvalue weighted by atomic mass is 9.96. The Bertz CT molecular complexity index is 1410. The molecule has 0 aromatic carbocycles. The number of esters is 2. The van der Waals surface area contributed by atoms with Crippen molar-refractivity contribution in [1.82, 2.24) is 28.9 Å². The summed E-state index contributed by atoms with van der Waals surface area (Å²) in [5.74, 6) is -0.560. The number of imidazole rings is 1. The number of aliphatic hydroxyl groups excluding tert-OH is 1. The highest BCUT2D eigenvalue weighted by atomic mass is 31.2. The number of ether oxygens (including phenoxy) is 4. The van der Waals surface area contributed by atoms with E-state index in [0.29, 0.717) is 17.0 Å². The molecular weight excluding hydrogens is 647 g/mol. The number of carbonyl (C=O) groups excluding carboxylic acids is 2. The van der Waals surface area contributed by atoms with Crippen LogP contribution in [0.4, 0.5) is 0 Å². The number of fused-ring (bicyclic) bond motifs is 1. The van der Waals surface area contributed by atoms with Crippen molar-refractivity contribution in [3.05, 3.63) is 12.2 Å². The van der Waals surface area contributed by atoms with Crippen LogP contribution >= 0.6 is 7.67 Å². The maximum absolute atomic E-state index is 15.3. The number of aryl methyl sites for hydroxylation is 1. The van der Waals surface area contributed by atoms with Crippen LogP contribution < -0.4 is 4.74 Å². The molecule has 16 nitrogen and oxygen atoms in total. The highest BCUT2D eigenvalue weighted by Crippen LogP contribution is 2.56. The van der Waals surface area contributed by atoms with Crippen LogP contribution in [0.1, 0.15) is 73.4 Å². The molecule has 1 aliphatic heterocycles. The van der Waals surface area contributed by atoms with Crippen LogP contribution in [0.15, 0.2) is 6.33 Å². The van der Waals surface area contributed by atoms with Crippen molar-refractivity contribution in [2.24, 2.45) is 11.8 Å². The lowest BCUT2D eigenvalue weighted by molar-refractivity contribution is -0.148. The normalized spacial score (nSPS) is 23.0. The highest BCUT2D eigenvalue weighted by Gasteiger charge is 2.55. The molecule has 3 rings (SSSR count). The number of rotatable bonds is 17. The van der Waals surface area contributed by atoms with Gasteiger partial charge in [-0.15, -0.1) is 0 Å². The summed E-state index contributed by atoms with van der Waals surface area (Å²) in [4.78, 5) is 39.5. The Hall–Kier alpha value is -2.72. The molecule has 2 N–H and O–H groups in total. The number of hydrogen-bond acceptors (Lipinski definition) is 13. The Balaban J connectivity index is 2.04. The maximum atomic E-state index is 15.3. The van der Waals surface area contributed by atoms with E-state index in [-0.39, 0.29) is 43.8 Å². The van der Waals surface area contributed by atoms with Crippen LogP contribution in [-0.2, 0) is 32.9 Å². The average Bonchev–Trinajstić information content (AvgIpc) is 3.53. The van der Waals surface area contributed by atoms with E-state index in [1.807, 2.05) is 27.7 Å². The summed E-state index contributed by atoms with van der Waals surface area (Å²) in [5.41, 5.74) is -1.25. The Morgan fingerprint density at radius 1 is 1.04 bits per heavy atom. The van der Waals surface area contributed by atoms with Gasteiger partial charge in [-0.3, -0.25) is 18.7 Å². The highest BCUT2D eigenvalue weighted by molar-refractivity contribution is 7.54. The van der Waals surface area contributed by atoms with E-state index in [0.717, 1.165) is 0 Å². The maximum Gasteiger partial charge on any atom is 0.347 e. The smallest absolute Gasteiger partial charge is 0.347 e. The number of methoxy groups -OCH3 is 1. The monoisotopic (exact) mass is 700 g/mol. The van der Waals surface area contributed by atoms with Gasteiger partial charge in [0.2, 0.25) is 5.88 Å². The van der Waals surface area contributed by atoms with Crippen LogP contribution in [0.25, 0.3) is 11.2 Å². The zero-order valence-electron chi connectivity index (χ0n) is 29.9. The predicted octanol–water partition coefficient (Wildman–Crippen LogP) is 3.10. The quantitative estimate of drug-likeness (QED) is 0.181. The van der Waals surface area contributed by atoms with E-state index < -0.39 is 62.3 Å². The van der Waals surface area contributed by atoms with Gasteiger partial charge >= 0.3 is 19.6 Å². The summed E-state index contributed by atoms with van der Waals surface area (Å²) in [6, 6.07) is -2.00. The van der Waals surface area contributed by atoms with Crippen molar-refractivity contribution in [1.29, 1.82) is 0 Å². The van der Waals surface area contributed by atoms with Gasteiger partial charge in [-0.25, -0.2) is 19.3 Å². The van der Waals surface area contributed by atoms with Gasteiger partial charge in [0.1, 0.15) is 35.7 Å². The second-order valence-electron chi connectivity index (χ2n) is 13.0. The molecule has 1 unspecified atom stereocenters. The summed E-state index contributed by atoms with van der Waals surface area (Å²) < 4.78 is 47.8. The predicted molar refractivity (Wildman–Crippen MR) is 176 cm³/mol. The standard InChI is InChI=1S/C31H53N6O10P/c1-12-44-28(39)21(14-18(3)4)35(9)48(42,36(10)22(15-19(5)6)29(40)45-13-2)46-16-23-25(38)31(8,41)30(47-23)37-17-32-24-26(37)33-20(7)34-27(24)43-11/h17-19,21-23,25,30,38,41H,12-16H2,1-11H3/t21-,22-,23+,25?,30+,31-/m0/s1. The van der Waals surface area contributed by atoms with Gasteiger partial charge in [-0.05, 0) is 66.5 Å². The topological polar surface area (TPSA) is 188 Å². The fourth-order valence-corrected chi connectivity index (χ4v) is 8.02. The fraction of sp³-hybridized carbons (Fsp3) is 0.774. The van der Waals surface area contributed by atoms with Crippen LogP contribution in [0, 0.1) is 18.8 Å². The molecule has 0 saturated carbocycles. The molecule has 272 valence electrons. The molecule has 1 fully saturated rings. The minimum atomic E-state index is -4.30. The zero-order valence-corrected chi connectivity index (χ0v) is 30.8. The molecule has 3 heterocycles. The summed E-state index contributed by atoms with van der Waals surface area (Å²) in [6.07, 6.45) is -1.97. The first-order valence-electron chi connectivity index (χ1n) is 16.3. The molecule has 2 aromatic rings. The average molecular weight is 701 g/mol. The second-order valence-corrected chi connectivity index (χ2v) is 15.5. The minimum absolute atomic E-state index is 0.00375. The molecular formula is C31H53N6O10P. The van der Waals surface area contributed by atoms with Crippen molar-refractivity contribution in [2.45, 2.75) is 104 Å². The number of aromatic nitrogens is 4. The van der Waals surface area contributed by atoms with E-state index in [4.69, 9.17) is 23.5 Å².